The Morgan fingerprint density at radius 3 is 0.875 bits per heavy atom. The molecule has 0 bridgehead atoms. The Hall–Kier alpha value is -7.08. The van der Waals surface area contributed by atoms with E-state index < -0.39 is 22.2 Å². The van der Waals surface area contributed by atoms with Gasteiger partial charge in [-0.25, -0.2) is 9.13 Å². The third kappa shape index (κ3) is 3.83. The van der Waals surface area contributed by atoms with Gasteiger partial charge in [0.25, 0.3) is 22.1 Å². The molecule has 0 aliphatic carbocycles. The summed E-state index contributed by atoms with van der Waals surface area (Å²) < 4.78 is 5.36. The lowest BCUT2D eigenvalue weighted by atomic mass is 10.2. The quantitative estimate of drug-likeness (QED) is 0.214. The third-order valence-electron chi connectivity index (χ3n) is 8.25. The van der Waals surface area contributed by atoms with Crippen LogP contribution in [-0.4, -0.2) is 29.1 Å². The summed E-state index contributed by atoms with van der Waals surface area (Å²) in [6, 6.07) is 35.3. The molecule has 9 aromatic rings. The van der Waals surface area contributed by atoms with Gasteiger partial charge in [0, 0.05) is 0 Å². The van der Waals surface area contributed by atoms with Crippen LogP contribution in [0.3, 0.4) is 0 Å². The molecular formula is C36H20N8O4+2. The van der Waals surface area contributed by atoms with Gasteiger partial charge >= 0.3 is 44.8 Å². The minimum absolute atomic E-state index is 0.129. The summed E-state index contributed by atoms with van der Waals surface area (Å²) >= 11 is 0. The molecule has 0 saturated heterocycles. The van der Waals surface area contributed by atoms with E-state index in [4.69, 9.17) is 19.9 Å². The molecule has 0 aliphatic rings. The third-order valence-corrected chi connectivity index (χ3v) is 8.25. The molecule has 9 rings (SSSR count). The Morgan fingerprint density at radius 2 is 0.604 bits per heavy atom. The second-order valence-corrected chi connectivity index (χ2v) is 11.0. The monoisotopic (exact) mass is 628 g/mol. The molecule has 0 aliphatic heterocycles. The van der Waals surface area contributed by atoms with Crippen LogP contribution < -0.4 is 31.4 Å². The van der Waals surface area contributed by atoms with Gasteiger partial charge in [0.05, 0.1) is 11.4 Å². The van der Waals surface area contributed by atoms with E-state index in [2.05, 4.69) is 0 Å². The van der Waals surface area contributed by atoms with Crippen molar-refractivity contribution in [2.45, 2.75) is 0 Å². The SMILES string of the molecule is O=c1c2nc3c(nc2c(=O)n1-c1ccccc1)[n+](-c1ccccc1)c1nc2c(=O)n(-c4ccccc4)c(=O)c2nc1[n+]3-c1ccccc1. The zero-order valence-electron chi connectivity index (χ0n) is 24.8. The lowest BCUT2D eigenvalue weighted by molar-refractivity contribution is -0.587. The molecule has 0 amide bonds. The Labute approximate surface area is 268 Å². The summed E-state index contributed by atoms with van der Waals surface area (Å²) in [5.74, 6) is 0. The summed E-state index contributed by atoms with van der Waals surface area (Å²) in [6.07, 6.45) is 0. The predicted octanol–water partition coefficient (Wildman–Crippen LogP) is 2.33. The molecule has 0 saturated carbocycles. The topological polar surface area (TPSA) is 137 Å². The van der Waals surface area contributed by atoms with Gasteiger partial charge in [0.2, 0.25) is 0 Å². The van der Waals surface area contributed by atoms with E-state index in [0.717, 1.165) is 9.13 Å². The number of hydrogen-bond acceptors (Lipinski definition) is 8. The Morgan fingerprint density at radius 1 is 0.354 bits per heavy atom. The Balaban J connectivity index is 1.52. The number of para-hydroxylation sites is 4. The maximum absolute atomic E-state index is 13.8. The highest BCUT2D eigenvalue weighted by molar-refractivity contribution is 5.85. The van der Waals surface area contributed by atoms with Crippen LogP contribution in [0.4, 0.5) is 0 Å². The van der Waals surface area contributed by atoms with E-state index in [1.54, 1.807) is 69.8 Å². The van der Waals surface area contributed by atoms with Crippen LogP contribution in [0.2, 0.25) is 0 Å². The van der Waals surface area contributed by atoms with Crippen LogP contribution in [-0.2, 0) is 0 Å². The minimum atomic E-state index is -0.624. The normalized spacial score (nSPS) is 11.7. The lowest BCUT2D eigenvalue weighted by Crippen LogP contribution is -2.45. The highest BCUT2D eigenvalue weighted by Crippen LogP contribution is 2.18. The minimum Gasteiger partial charge on any atom is -0.265 e. The summed E-state index contributed by atoms with van der Waals surface area (Å²) in [5.41, 5.74) is -0.385. The predicted molar refractivity (Wildman–Crippen MR) is 177 cm³/mol. The number of nitrogens with zero attached hydrogens (tertiary/aromatic N) is 8. The lowest BCUT2D eigenvalue weighted by Gasteiger charge is -2.08. The Bertz CT molecular complexity index is 2630. The molecule has 0 spiro atoms. The van der Waals surface area contributed by atoms with Crippen LogP contribution in [0.15, 0.2) is 141 Å². The molecule has 12 nitrogen and oxygen atoms in total. The van der Waals surface area contributed by atoms with Crippen molar-refractivity contribution in [3.63, 3.8) is 0 Å². The van der Waals surface area contributed by atoms with E-state index in [9.17, 15) is 19.2 Å². The summed E-state index contributed by atoms with van der Waals surface area (Å²) in [7, 11) is 0. The standard InChI is InChI=1S/C36H20N8O4/c45-33-25-27(35(47)43(33)23-17-9-3-10-18-23)39-31-29(37-25)41(21-13-5-1-6-14-21)30-32(42(31)22-15-7-2-8-16-22)40-28-26(38-30)34(46)44(36(28)48)24-19-11-4-12-20-24/h1-20H/q+2. The number of rotatable bonds is 4. The van der Waals surface area contributed by atoms with Crippen LogP contribution in [0.5, 0.6) is 0 Å². The number of fused-ring (bicyclic) bond motifs is 4. The first-order valence-electron chi connectivity index (χ1n) is 14.9. The Kier molecular flexibility index (Phi) is 5.80. The number of aromatic nitrogens is 8. The van der Waals surface area contributed by atoms with Gasteiger partial charge in [-0.15, -0.1) is 0 Å². The van der Waals surface area contributed by atoms with Crippen molar-refractivity contribution < 1.29 is 9.13 Å². The van der Waals surface area contributed by atoms with Crippen molar-refractivity contribution in [2.24, 2.45) is 0 Å². The summed E-state index contributed by atoms with van der Waals surface area (Å²) in [6.45, 7) is 0. The molecule has 0 unspecified atom stereocenters. The highest BCUT2D eigenvalue weighted by Gasteiger charge is 2.36. The fourth-order valence-corrected chi connectivity index (χ4v) is 6.11. The number of hydrogen-bond donors (Lipinski definition) is 0. The van der Waals surface area contributed by atoms with Gasteiger partial charge in [-0.1, -0.05) is 92.7 Å². The van der Waals surface area contributed by atoms with E-state index in [0.29, 0.717) is 22.7 Å². The highest BCUT2D eigenvalue weighted by atomic mass is 16.2. The average molecular weight is 629 g/mol. The maximum atomic E-state index is 13.8. The van der Waals surface area contributed by atoms with Gasteiger partial charge in [0.15, 0.2) is 0 Å². The summed E-state index contributed by atoms with van der Waals surface area (Å²) in [5, 5.41) is 0. The van der Waals surface area contributed by atoms with Gasteiger partial charge in [-0.3, -0.25) is 19.2 Å². The molecule has 0 fully saturated rings. The van der Waals surface area contributed by atoms with E-state index >= 15 is 0 Å². The average Bonchev–Trinajstić information content (AvgIpc) is 3.53. The first-order valence-corrected chi connectivity index (χ1v) is 14.9. The van der Waals surface area contributed by atoms with E-state index in [1.807, 2.05) is 60.7 Å². The van der Waals surface area contributed by atoms with Crippen molar-refractivity contribution in [1.82, 2.24) is 29.1 Å². The van der Waals surface area contributed by atoms with Gasteiger partial charge in [-0.05, 0) is 48.5 Å². The fraction of sp³-hybridized carbons (Fsp3) is 0. The van der Waals surface area contributed by atoms with Gasteiger partial charge < -0.3 is 0 Å². The van der Waals surface area contributed by atoms with Crippen LogP contribution >= 0.6 is 0 Å². The number of benzene rings is 4. The zero-order chi connectivity index (χ0) is 32.5. The molecule has 5 aromatic heterocycles. The van der Waals surface area contributed by atoms with Crippen molar-refractivity contribution >= 4 is 44.7 Å². The molecule has 0 N–H and O–H groups in total. The molecule has 4 aromatic carbocycles. The van der Waals surface area contributed by atoms with Crippen LogP contribution in [0.25, 0.3) is 67.4 Å². The molecule has 5 heterocycles. The second-order valence-electron chi connectivity index (χ2n) is 11.0. The second kappa shape index (κ2) is 10.2. The maximum Gasteiger partial charge on any atom is 0.347 e. The van der Waals surface area contributed by atoms with Crippen molar-refractivity contribution in [3.05, 3.63) is 163 Å². The molecule has 0 radical (unpaired) electrons. The van der Waals surface area contributed by atoms with Crippen molar-refractivity contribution in [2.75, 3.05) is 0 Å². The van der Waals surface area contributed by atoms with E-state index in [1.165, 1.54) is 0 Å². The largest absolute Gasteiger partial charge is 0.347 e. The smallest absolute Gasteiger partial charge is 0.265 e. The summed E-state index contributed by atoms with van der Waals surface area (Å²) in [4.78, 5) is 74.4. The van der Waals surface area contributed by atoms with Crippen LogP contribution in [0.1, 0.15) is 0 Å². The molecule has 12 heteroatoms. The van der Waals surface area contributed by atoms with E-state index in [-0.39, 0.29) is 44.7 Å². The first kappa shape index (κ1) is 27.2. The van der Waals surface area contributed by atoms with Gasteiger partial charge in [0.1, 0.15) is 11.4 Å². The molecular weight excluding hydrogens is 608 g/mol. The molecule has 226 valence electrons. The first-order chi connectivity index (χ1) is 23.5. The fourth-order valence-electron chi connectivity index (χ4n) is 6.11. The van der Waals surface area contributed by atoms with Crippen molar-refractivity contribution in [3.8, 4) is 22.7 Å². The van der Waals surface area contributed by atoms with Crippen molar-refractivity contribution in [1.29, 1.82) is 0 Å². The van der Waals surface area contributed by atoms with Gasteiger partial charge in [-0.2, -0.15) is 9.13 Å². The molecule has 0 atom stereocenters. The van der Waals surface area contributed by atoms with Crippen LogP contribution in [0, 0.1) is 0 Å². The molecule has 48 heavy (non-hydrogen) atoms. The zero-order valence-corrected chi connectivity index (χ0v) is 24.8.